The molecule has 0 saturated heterocycles. The molecule has 4 aliphatic rings. The Labute approximate surface area is 242 Å². The second-order valence-electron chi connectivity index (χ2n) is 13.8. The Morgan fingerprint density at radius 2 is 1.12 bits per heavy atom. The van der Waals surface area contributed by atoms with Crippen LogP contribution < -0.4 is 9.47 Å². The molecule has 0 N–H and O–H groups in total. The summed E-state index contributed by atoms with van der Waals surface area (Å²) in [5.41, 5.74) is 0. The standard InChI is InChI=1S/C36H54F2O2/c1-3-5-27-14-17-32-23-31(19-18-30(32)22-27)29-15-12-26(13-16-29)7-6-25-8-10-28(11-9-25)24-40-34-21-20-33(39-4-2)35(37)36(34)38/h6-7,20-21,25-32H,3-5,8-19,22-24H2,1-2H3/b7-6+. The van der Waals surface area contributed by atoms with Gasteiger partial charge in [-0.1, -0.05) is 38.3 Å². The molecule has 0 radical (unpaired) electrons. The van der Waals surface area contributed by atoms with Gasteiger partial charge in [0.05, 0.1) is 13.2 Å². The molecule has 4 atom stereocenters. The van der Waals surface area contributed by atoms with Crippen LogP contribution in [0, 0.1) is 59.0 Å². The minimum absolute atomic E-state index is 0.00836. The topological polar surface area (TPSA) is 18.5 Å². The predicted molar refractivity (Wildman–Crippen MR) is 160 cm³/mol. The van der Waals surface area contributed by atoms with Gasteiger partial charge in [0.25, 0.3) is 0 Å². The van der Waals surface area contributed by atoms with Crippen LogP contribution >= 0.6 is 0 Å². The molecular weight excluding hydrogens is 502 g/mol. The van der Waals surface area contributed by atoms with E-state index in [0.717, 1.165) is 48.3 Å². The number of allylic oxidation sites excluding steroid dienone is 2. The number of fused-ring (bicyclic) bond motifs is 1. The Morgan fingerprint density at radius 3 is 1.75 bits per heavy atom. The fourth-order valence-electron chi connectivity index (χ4n) is 8.89. The van der Waals surface area contributed by atoms with E-state index in [-0.39, 0.29) is 11.5 Å². The third-order valence-corrected chi connectivity index (χ3v) is 11.3. The molecule has 4 heteroatoms. The summed E-state index contributed by atoms with van der Waals surface area (Å²) in [5, 5.41) is 0. The van der Waals surface area contributed by atoms with Crippen LogP contribution in [0.4, 0.5) is 8.78 Å². The second-order valence-corrected chi connectivity index (χ2v) is 13.8. The molecule has 1 aromatic rings. The molecule has 2 nitrogen and oxygen atoms in total. The Morgan fingerprint density at radius 1 is 0.625 bits per heavy atom. The molecule has 0 heterocycles. The van der Waals surface area contributed by atoms with Crippen LogP contribution in [0.1, 0.15) is 117 Å². The van der Waals surface area contributed by atoms with Gasteiger partial charge in [0.15, 0.2) is 11.5 Å². The van der Waals surface area contributed by atoms with Gasteiger partial charge in [-0.2, -0.15) is 8.78 Å². The first-order valence-corrected chi connectivity index (χ1v) is 17.0. The summed E-state index contributed by atoms with van der Waals surface area (Å²) in [6.07, 6.45) is 27.2. The van der Waals surface area contributed by atoms with Crippen LogP contribution in [0.3, 0.4) is 0 Å². The van der Waals surface area contributed by atoms with Gasteiger partial charge in [0.1, 0.15) is 0 Å². The Bertz CT molecular complexity index is 944. The van der Waals surface area contributed by atoms with Crippen molar-refractivity contribution in [3.05, 3.63) is 35.9 Å². The molecule has 224 valence electrons. The molecular formula is C36H54F2O2. The first-order valence-electron chi connectivity index (χ1n) is 17.0. The SMILES string of the molecule is CCCC1CCC2CC(C3CCC(/C=C/C4CCC(COc5ccc(OCC)c(F)c5F)CC4)CC3)CCC2C1. The predicted octanol–water partition coefficient (Wildman–Crippen LogP) is 10.5. The molecule has 0 amide bonds. The maximum absolute atomic E-state index is 14.3. The Kier molecular flexibility index (Phi) is 10.9. The van der Waals surface area contributed by atoms with E-state index in [4.69, 9.17) is 9.47 Å². The molecule has 1 aromatic carbocycles. The van der Waals surface area contributed by atoms with Gasteiger partial charge < -0.3 is 9.47 Å². The highest BCUT2D eigenvalue weighted by molar-refractivity contribution is 5.35. The average Bonchev–Trinajstić information content (AvgIpc) is 2.99. The molecule has 5 rings (SSSR count). The molecule has 4 aliphatic carbocycles. The van der Waals surface area contributed by atoms with Crippen molar-refractivity contribution in [3.63, 3.8) is 0 Å². The van der Waals surface area contributed by atoms with Crippen LogP contribution in [0.2, 0.25) is 0 Å². The zero-order chi connectivity index (χ0) is 27.9. The average molecular weight is 557 g/mol. The molecule has 4 fully saturated rings. The van der Waals surface area contributed by atoms with E-state index >= 15 is 0 Å². The largest absolute Gasteiger partial charge is 0.491 e. The van der Waals surface area contributed by atoms with Crippen molar-refractivity contribution in [3.8, 4) is 11.5 Å². The number of halogens is 2. The first kappa shape index (κ1) is 29.9. The lowest BCUT2D eigenvalue weighted by atomic mass is 9.60. The van der Waals surface area contributed by atoms with Crippen molar-refractivity contribution >= 4 is 0 Å². The number of hydrogen-bond acceptors (Lipinski definition) is 2. The van der Waals surface area contributed by atoms with Gasteiger partial charge in [-0.05, 0) is 150 Å². The second kappa shape index (κ2) is 14.5. The summed E-state index contributed by atoms with van der Waals surface area (Å²) in [5.74, 6) is 5.01. The maximum Gasteiger partial charge on any atom is 0.204 e. The molecule has 0 spiro atoms. The van der Waals surface area contributed by atoms with Crippen molar-refractivity contribution in [1.29, 1.82) is 0 Å². The van der Waals surface area contributed by atoms with Crippen LogP contribution in [-0.2, 0) is 0 Å². The number of ether oxygens (including phenoxy) is 2. The normalized spacial score (nSPS) is 34.9. The fraction of sp³-hybridized carbons (Fsp3) is 0.778. The van der Waals surface area contributed by atoms with E-state index in [1.165, 1.54) is 89.2 Å². The highest BCUT2D eigenvalue weighted by Crippen LogP contribution is 2.49. The van der Waals surface area contributed by atoms with Crippen LogP contribution in [0.25, 0.3) is 0 Å². The molecule has 4 unspecified atom stereocenters. The zero-order valence-corrected chi connectivity index (χ0v) is 25.2. The van der Waals surface area contributed by atoms with E-state index in [1.807, 2.05) is 0 Å². The Hall–Kier alpha value is -1.58. The van der Waals surface area contributed by atoms with Crippen molar-refractivity contribution in [1.82, 2.24) is 0 Å². The van der Waals surface area contributed by atoms with Gasteiger partial charge in [-0.3, -0.25) is 0 Å². The van der Waals surface area contributed by atoms with Crippen molar-refractivity contribution < 1.29 is 18.3 Å². The highest BCUT2D eigenvalue weighted by Gasteiger charge is 2.38. The van der Waals surface area contributed by atoms with Crippen molar-refractivity contribution in [2.45, 2.75) is 117 Å². The zero-order valence-electron chi connectivity index (χ0n) is 25.2. The third kappa shape index (κ3) is 7.62. The van der Waals surface area contributed by atoms with Crippen LogP contribution in [-0.4, -0.2) is 13.2 Å². The van der Waals surface area contributed by atoms with E-state index in [9.17, 15) is 8.78 Å². The van der Waals surface area contributed by atoms with Crippen molar-refractivity contribution in [2.75, 3.05) is 13.2 Å². The third-order valence-electron chi connectivity index (χ3n) is 11.3. The lowest BCUT2D eigenvalue weighted by Gasteiger charge is -2.45. The van der Waals surface area contributed by atoms with E-state index in [0.29, 0.717) is 25.0 Å². The Balaban J connectivity index is 0.986. The molecule has 4 saturated carbocycles. The lowest BCUT2D eigenvalue weighted by Crippen LogP contribution is -2.34. The summed E-state index contributed by atoms with van der Waals surface area (Å²) in [4.78, 5) is 0. The quantitative estimate of drug-likeness (QED) is 0.267. The summed E-state index contributed by atoms with van der Waals surface area (Å²) in [6, 6.07) is 2.94. The molecule has 40 heavy (non-hydrogen) atoms. The smallest absolute Gasteiger partial charge is 0.204 e. The molecule has 0 bridgehead atoms. The number of benzene rings is 1. The van der Waals surface area contributed by atoms with Gasteiger partial charge in [0, 0.05) is 0 Å². The van der Waals surface area contributed by atoms with E-state index in [2.05, 4.69) is 19.1 Å². The summed E-state index contributed by atoms with van der Waals surface area (Å²) >= 11 is 0. The van der Waals surface area contributed by atoms with E-state index in [1.54, 1.807) is 19.8 Å². The lowest BCUT2D eigenvalue weighted by molar-refractivity contribution is 0.0606. The highest BCUT2D eigenvalue weighted by atomic mass is 19.2. The van der Waals surface area contributed by atoms with Crippen LogP contribution in [0.5, 0.6) is 11.5 Å². The van der Waals surface area contributed by atoms with Gasteiger partial charge in [-0.25, -0.2) is 0 Å². The molecule has 0 aliphatic heterocycles. The number of rotatable bonds is 10. The van der Waals surface area contributed by atoms with Crippen molar-refractivity contribution in [2.24, 2.45) is 47.3 Å². The minimum atomic E-state index is -0.959. The summed E-state index contributed by atoms with van der Waals surface area (Å²) in [7, 11) is 0. The fourth-order valence-corrected chi connectivity index (χ4v) is 8.89. The van der Waals surface area contributed by atoms with Gasteiger partial charge in [0.2, 0.25) is 11.6 Å². The monoisotopic (exact) mass is 556 g/mol. The van der Waals surface area contributed by atoms with Gasteiger partial charge in [-0.15, -0.1) is 0 Å². The number of hydrogen-bond donors (Lipinski definition) is 0. The molecule has 0 aromatic heterocycles. The van der Waals surface area contributed by atoms with E-state index < -0.39 is 11.6 Å². The van der Waals surface area contributed by atoms with Crippen LogP contribution in [0.15, 0.2) is 24.3 Å². The summed E-state index contributed by atoms with van der Waals surface area (Å²) < 4.78 is 39.3. The minimum Gasteiger partial charge on any atom is -0.491 e. The first-order chi connectivity index (χ1) is 19.5. The van der Waals surface area contributed by atoms with Gasteiger partial charge >= 0.3 is 0 Å². The maximum atomic E-state index is 14.3. The summed E-state index contributed by atoms with van der Waals surface area (Å²) in [6.45, 7) is 4.86.